The molecule has 0 atom stereocenters. The van der Waals surface area contributed by atoms with E-state index in [1.807, 2.05) is 13.8 Å². The van der Waals surface area contributed by atoms with Crippen LogP contribution in [-0.2, 0) is 6.18 Å². The van der Waals surface area contributed by atoms with Crippen molar-refractivity contribution < 1.29 is 23.0 Å². The zero-order valence-corrected chi connectivity index (χ0v) is 9.01. The predicted octanol–water partition coefficient (Wildman–Crippen LogP) is 3.45. The van der Waals surface area contributed by atoms with Gasteiger partial charge in [0.05, 0.1) is 12.2 Å². The average Bonchev–Trinajstić information content (AvgIpc) is 2.14. The first-order valence-electron chi connectivity index (χ1n) is 4.83. The second kappa shape index (κ2) is 4.63. The van der Waals surface area contributed by atoms with Gasteiger partial charge in [0, 0.05) is 0 Å². The number of alkyl halides is 3. The second-order valence-corrected chi connectivity index (χ2v) is 3.89. The number of halogens is 3. The number of aromatic hydroxyl groups is 1. The Balaban J connectivity index is 2.84. The number of benzene rings is 1. The molecule has 0 saturated carbocycles. The molecule has 0 aliphatic carbocycles. The van der Waals surface area contributed by atoms with Gasteiger partial charge in [-0.15, -0.1) is 0 Å². The largest absolute Gasteiger partial charge is 0.504 e. The van der Waals surface area contributed by atoms with Crippen molar-refractivity contribution in [3.63, 3.8) is 0 Å². The van der Waals surface area contributed by atoms with Gasteiger partial charge in [0.1, 0.15) is 0 Å². The van der Waals surface area contributed by atoms with Crippen molar-refractivity contribution in [2.45, 2.75) is 20.0 Å². The van der Waals surface area contributed by atoms with Crippen molar-refractivity contribution in [2.75, 3.05) is 6.61 Å². The Morgan fingerprint density at radius 2 is 1.94 bits per heavy atom. The third kappa shape index (κ3) is 3.32. The highest BCUT2D eigenvalue weighted by Crippen LogP contribution is 2.35. The van der Waals surface area contributed by atoms with Crippen LogP contribution in [0.25, 0.3) is 0 Å². The lowest BCUT2D eigenvalue weighted by atomic mass is 10.2. The molecular formula is C11H13F3O2. The number of phenolic OH excluding ortho intramolecular Hbond substituents is 1. The summed E-state index contributed by atoms with van der Waals surface area (Å²) in [6, 6.07) is 2.67. The maximum atomic E-state index is 12.3. The van der Waals surface area contributed by atoms with Crippen molar-refractivity contribution in [1.29, 1.82) is 0 Å². The molecule has 0 aliphatic rings. The van der Waals surface area contributed by atoms with Gasteiger partial charge >= 0.3 is 6.18 Å². The summed E-state index contributed by atoms with van der Waals surface area (Å²) in [5, 5.41) is 9.34. The molecule has 1 N–H and O–H groups in total. The lowest BCUT2D eigenvalue weighted by molar-refractivity contribution is -0.137. The molecule has 0 fully saturated rings. The zero-order chi connectivity index (χ0) is 12.3. The minimum atomic E-state index is -4.45. The molecule has 2 nitrogen and oxygen atoms in total. The number of hydrogen-bond donors (Lipinski definition) is 1. The van der Waals surface area contributed by atoms with Crippen molar-refractivity contribution in [3.05, 3.63) is 23.8 Å². The van der Waals surface area contributed by atoms with Crippen LogP contribution in [0.15, 0.2) is 18.2 Å². The fourth-order valence-corrected chi connectivity index (χ4v) is 1.07. The Morgan fingerprint density at radius 3 is 2.38 bits per heavy atom. The summed E-state index contributed by atoms with van der Waals surface area (Å²) in [5.74, 6) is -0.182. The standard InChI is InChI=1S/C11H13F3O2/c1-7(2)6-16-10-4-3-8(5-9(10)15)11(12,13)14/h3-5,7,15H,6H2,1-2H3. The van der Waals surface area contributed by atoms with Crippen LogP contribution in [0.3, 0.4) is 0 Å². The smallest absolute Gasteiger partial charge is 0.416 e. The summed E-state index contributed by atoms with van der Waals surface area (Å²) in [6.07, 6.45) is -4.45. The fourth-order valence-electron chi connectivity index (χ4n) is 1.07. The summed E-state index contributed by atoms with van der Waals surface area (Å²) in [4.78, 5) is 0. The number of rotatable bonds is 3. The van der Waals surface area contributed by atoms with Gasteiger partial charge in [-0.25, -0.2) is 0 Å². The number of ether oxygens (including phenoxy) is 1. The van der Waals surface area contributed by atoms with Gasteiger partial charge in [-0.2, -0.15) is 13.2 Å². The summed E-state index contributed by atoms with van der Waals surface area (Å²) >= 11 is 0. The molecule has 1 rings (SSSR count). The maximum absolute atomic E-state index is 12.3. The van der Waals surface area contributed by atoms with Crippen LogP contribution in [-0.4, -0.2) is 11.7 Å². The molecule has 0 heterocycles. The van der Waals surface area contributed by atoms with Gasteiger partial charge in [-0.05, 0) is 24.1 Å². The van der Waals surface area contributed by atoms with Crippen LogP contribution in [0, 0.1) is 5.92 Å². The fraction of sp³-hybridized carbons (Fsp3) is 0.455. The highest BCUT2D eigenvalue weighted by molar-refractivity contribution is 5.42. The minimum absolute atomic E-state index is 0.0710. The van der Waals surface area contributed by atoms with Crippen molar-refractivity contribution in [3.8, 4) is 11.5 Å². The van der Waals surface area contributed by atoms with Crippen molar-refractivity contribution in [2.24, 2.45) is 5.92 Å². The Morgan fingerprint density at radius 1 is 1.31 bits per heavy atom. The first-order chi connectivity index (χ1) is 7.30. The molecule has 1 aromatic carbocycles. The third-order valence-electron chi connectivity index (χ3n) is 1.86. The second-order valence-electron chi connectivity index (χ2n) is 3.89. The van der Waals surface area contributed by atoms with Crippen LogP contribution >= 0.6 is 0 Å². The molecule has 0 spiro atoms. The Hall–Kier alpha value is -1.39. The van der Waals surface area contributed by atoms with Crippen LogP contribution in [0.2, 0.25) is 0 Å². The van der Waals surface area contributed by atoms with Gasteiger partial charge in [0.25, 0.3) is 0 Å². The monoisotopic (exact) mass is 234 g/mol. The molecule has 0 aromatic heterocycles. The quantitative estimate of drug-likeness (QED) is 0.868. The van der Waals surface area contributed by atoms with E-state index in [0.29, 0.717) is 12.7 Å². The highest BCUT2D eigenvalue weighted by atomic mass is 19.4. The van der Waals surface area contributed by atoms with E-state index in [1.54, 1.807) is 0 Å². The lowest BCUT2D eigenvalue weighted by Crippen LogP contribution is -2.07. The van der Waals surface area contributed by atoms with E-state index in [9.17, 15) is 18.3 Å². The van der Waals surface area contributed by atoms with E-state index in [4.69, 9.17) is 4.74 Å². The van der Waals surface area contributed by atoms with Gasteiger partial charge in [-0.1, -0.05) is 13.8 Å². The maximum Gasteiger partial charge on any atom is 0.416 e. The number of hydrogen-bond acceptors (Lipinski definition) is 2. The van der Waals surface area contributed by atoms with Crippen LogP contribution in [0.1, 0.15) is 19.4 Å². The molecule has 0 amide bonds. The first-order valence-corrected chi connectivity index (χ1v) is 4.83. The Bertz CT molecular complexity index is 359. The summed E-state index contributed by atoms with van der Waals surface area (Å²) in [5.41, 5.74) is -0.887. The van der Waals surface area contributed by atoms with E-state index in [2.05, 4.69) is 0 Å². The molecule has 0 bridgehead atoms. The van der Waals surface area contributed by atoms with E-state index < -0.39 is 17.5 Å². The molecule has 1 aromatic rings. The molecule has 90 valence electrons. The lowest BCUT2D eigenvalue weighted by Gasteiger charge is -2.12. The van der Waals surface area contributed by atoms with Gasteiger partial charge in [0.2, 0.25) is 0 Å². The van der Waals surface area contributed by atoms with Gasteiger partial charge < -0.3 is 9.84 Å². The summed E-state index contributed by atoms with van der Waals surface area (Å²) in [7, 11) is 0. The van der Waals surface area contributed by atoms with Crippen molar-refractivity contribution >= 4 is 0 Å². The average molecular weight is 234 g/mol. The Labute approximate surface area is 91.7 Å². The first kappa shape index (κ1) is 12.7. The molecule has 16 heavy (non-hydrogen) atoms. The topological polar surface area (TPSA) is 29.5 Å². The zero-order valence-electron chi connectivity index (χ0n) is 9.01. The Kier molecular flexibility index (Phi) is 3.67. The van der Waals surface area contributed by atoms with E-state index >= 15 is 0 Å². The van der Waals surface area contributed by atoms with Crippen LogP contribution in [0.4, 0.5) is 13.2 Å². The van der Waals surface area contributed by atoms with E-state index in [0.717, 1.165) is 12.1 Å². The SMILES string of the molecule is CC(C)COc1ccc(C(F)(F)F)cc1O. The predicted molar refractivity (Wildman–Crippen MR) is 53.4 cm³/mol. The highest BCUT2D eigenvalue weighted by Gasteiger charge is 2.31. The molecule has 0 saturated heterocycles. The normalized spacial score (nSPS) is 11.9. The van der Waals surface area contributed by atoms with Crippen LogP contribution in [0.5, 0.6) is 11.5 Å². The van der Waals surface area contributed by atoms with Crippen LogP contribution < -0.4 is 4.74 Å². The van der Waals surface area contributed by atoms with Gasteiger partial charge in [-0.3, -0.25) is 0 Å². The van der Waals surface area contributed by atoms with E-state index in [-0.39, 0.29) is 11.7 Å². The molecule has 0 radical (unpaired) electrons. The summed E-state index contributed by atoms with van der Waals surface area (Å²) in [6.45, 7) is 4.15. The summed E-state index contributed by atoms with van der Waals surface area (Å²) < 4.78 is 41.9. The molecule has 0 unspecified atom stereocenters. The van der Waals surface area contributed by atoms with E-state index in [1.165, 1.54) is 0 Å². The third-order valence-corrected chi connectivity index (χ3v) is 1.86. The van der Waals surface area contributed by atoms with Crippen molar-refractivity contribution in [1.82, 2.24) is 0 Å². The number of phenols is 1. The minimum Gasteiger partial charge on any atom is -0.504 e. The van der Waals surface area contributed by atoms with Gasteiger partial charge in [0.15, 0.2) is 11.5 Å². The molecular weight excluding hydrogens is 221 g/mol. The molecule has 0 aliphatic heterocycles. The molecule has 5 heteroatoms.